The van der Waals surface area contributed by atoms with Crippen LogP contribution in [0.2, 0.25) is 0 Å². The molecule has 0 fully saturated rings. The molecule has 0 saturated carbocycles. The van der Waals surface area contributed by atoms with Crippen LogP contribution in [0.4, 0.5) is 0 Å². The first-order valence-corrected chi connectivity index (χ1v) is 18.3. The molecule has 5 aromatic rings. The normalized spacial score (nSPS) is 13.0. The predicted molar refractivity (Wildman–Crippen MR) is 165 cm³/mol. The summed E-state index contributed by atoms with van der Waals surface area (Å²) in [5, 5.41) is 0. The Morgan fingerprint density at radius 2 is 0.886 bits per heavy atom. The number of aryl methyl sites for hydroxylation is 2. The molecular formula is C32H37N5O5P2+4. The zero-order valence-corrected chi connectivity index (χ0v) is 26.3. The lowest BCUT2D eigenvalue weighted by atomic mass is 10.1. The second-order valence-electron chi connectivity index (χ2n) is 11.0. The molecule has 0 aliphatic carbocycles. The summed E-state index contributed by atoms with van der Waals surface area (Å²) in [6.45, 7) is 3.45. The van der Waals surface area contributed by atoms with Gasteiger partial charge in [-0.15, -0.1) is 0 Å². The molecule has 10 nitrogen and oxygen atoms in total. The SMILES string of the molecule is CP(=O)(O)CC[n+]1ccc(-c2cc[n+](Cc3cccc(C[n+]4ccc(-c5cc[n+](CCP(=O)(O)O)cc5)cc4)n3)cc2)cc1. The Morgan fingerprint density at radius 1 is 0.545 bits per heavy atom. The molecule has 1 unspecified atom stereocenters. The molecule has 0 spiro atoms. The van der Waals surface area contributed by atoms with Crippen molar-refractivity contribution < 1.29 is 42.1 Å². The Balaban J connectivity index is 1.17. The van der Waals surface area contributed by atoms with Crippen LogP contribution in [-0.2, 0) is 35.3 Å². The minimum Gasteiger partial charge on any atom is -0.344 e. The van der Waals surface area contributed by atoms with Crippen molar-refractivity contribution in [3.05, 3.63) is 128 Å². The highest BCUT2D eigenvalue weighted by Crippen LogP contribution is 2.34. The number of nitrogens with zero attached hydrogens (tertiary/aromatic N) is 5. The molecule has 226 valence electrons. The lowest BCUT2D eigenvalue weighted by Gasteiger charge is -2.04. The fourth-order valence-electron chi connectivity index (χ4n) is 4.73. The largest absolute Gasteiger partial charge is 0.344 e. The third kappa shape index (κ3) is 9.55. The van der Waals surface area contributed by atoms with Crippen molar-refractivity contribution in [1.29, 1.82) is 0 Å². The highest BCUT2D eigenvalue weighted by Gasteiger charge is 2.17. The van der Waals surface area contributed by atoms with Crippen LogP contribution in [0.25, 0.3) is 22.3 Å². The van der Waals surface area contributed by atoms with Gasteiger partial charge in [0, 0.05) is 55.2 Å². The Hall–Kier alpha value is -3.91. The van der Waals surface area contributed by atoms with E-state index in [1.54, 1.807) is 4.57 Å². The van der Waals surface area contributed by atoms with E-state index in [1.165, 1.54) is 6.66 Å². The lowest BCUT2D eigenvalue weighted by Crippen LogP contribution is -2.35. The van der Waals surface area contributed by atoms with Gasteiger partial charge in [-0.1, -0.05) is 6.07 Å². The van der Waals surface area contributed by atoms with Gasteiger partial charge in [0.2, 0.25) is 7.37 Å². The van der Waals surface area contributed by atoms with E-state index >= 15 is 0 Å². The van der Waals surface area contributed by atoms with E-state index in [0.717, 1.165) is 33.6 Å². The van der Waals surface area contributed by atoms with Gasteiger partial charge in [-0.3, -0.25) is 9.13 Å². The number of hydrogen-bond donors (Lipinski definition) is 3. The quantitative estimate of drug-likeness (QED) is 0.144. The van der Waals surface area contributed by atoms with Gasteiger partial charge in [-0.2, -0.15) is 9.13 Å². The molecule has 12 heteroatoms. The summed E-state index contributed by atoms with van der Waals surface area (Å²) in [6, 6.07) is 22.2. The van der Waals surface area contributed by atoms with Crippen molar-refractivity contribution in [2.75, 3.05) is 19.0 Å². The topological polar surface area (TPSA) is 123 Å². The fourth-order valence-corrected chi connectivity index (χ4v) is 5.83. The van der Waals surface area contributed by atoms with Gasteiger partial charge in [0.1, 0.15) is 17.5 Å². The second-order valence-corrected chi connectivity index (χ2v) is 15.3. The molecule has 0 saturated heterocycles. The van der Waals surface area contributed by atoms with Crippen molar-refractivity contribution in [2.24, 2.45) is 0 Å². The van der Waals surface area contributed by atoms with Gasteiger partial charge < -0.3 is 14.7 Å². The summed E-state index contributed by atoms with van der Waals surface area (Å²) >= 11 is 0. The fraction of sp³-hybridized carbons (Fsp3) is 0.219. The Morgan fingerprint density at radius 3 is 1.23 bits per heavy atom. The van der Waals surface area contributed by atoms with E-state index in [9.17, 15) is 14.0 Å². The molecule has 5 rings (SSSR count). The second kappa shape index (κ2) is 13.8. The van der Waals surface area contributed by atoms with Gasteiger partial charge >= 0.3 is 7.60 Å². The zero-order chi connectivity index (χ0) is 31.2. The molecule has 0 radical (unpaired) electrons. The molecule has 0 bridgehead atoms. The van der Waals surface area contributed by atoms with Crippen LogP contribution in [-0.4, -0.2) is 38.7 Å². The Bertz CT molecular complexity index is 1660. The van der Waals surface area contributed by atoms with E-state index in [1.807, 2.05) is 109 Å². The summed E-state index contributed by atoms with van der Waals surface area (Å²) in [4.78, 5) is 32.6. The zero-order valence-electron chi connectivity index (χ0n) is 24.5. The van der Waals surface area contributed by atoms with E-state index in [4.69, 9.17) is 14.8 Å². The van der Waals surface area contributed by atoms with Gasteiger partial charge in [0.15, 0.2) is 75.8 Å². The number of rotatable bonds is 12. The predicted octanol–water partition coefficient (Wildman–Crippen LogP) is 2.74. The molecule has 1 atom stereocenters. The minimum absolute atomic E-state index is 0.183. The molecule has 0 aromatic carbocycles. The molecule has 0 aliphatic rings. The summed E-state index contributed by atoms with van der Waals surface area (Å²) in [6.07, 6.45) is 15.7. The number of hydrogen-bond acceptors (Lipinski definition) is 3. The minimum atomic E-state index is -4.02. The van der Waals surface area contributed by atoms with Crippen molar-refractivity contribution in [3.63, 3.8) is 0 Å². The van der Waals surface area contributed by atoms with E-state index in [-0.39, 0.29) is 18.9 Å². The monoisotopic (exact) mass is 633 g/mol. The van der Waals surface area contributed by atoms with Gasteiger partial charge in [-0.25, -0.2) is 14.1 Å². The first-order chi connectivity index (χ1) is 21.0. The summed E-state index contributed by atoms with van der Waals surface area (Å²) in [5.74, 6) is 0. The van der Waals surface area contributed by atoms with Crippen LogP contribution in [0.5, 0.6) is 0 Å². The van der Waals surface area contributed by atoms with Crippen LogP contribution < -0.4 is 18.3 Å². The molecule has 0 amide bonds. The van der Waals surface area contributed by atoms with Crippen molar-refractivity contribution in [1.82, 2.24) is 4.98 Å². The Kier molecular flexibility index (Phi) is 9.89. The average Bonchev–Trinajstić information content (AvgIpc) is 3.00. The smallest absolute Gasteiger partial charge is 0.331 e. The van der Waals surface area contributed by atoms with Crippen LogP contribution in [0.1, 0.15) is 11.4 Å². The van der Waals surface area contributed by atoms with Crippen molar-refractivity contribution in [3.8, 4) is 22.3 Å². The first-order valence-electron chi connectivity index (χ1n) is 14.2. The van der Waals surface area contributed by atoms with Crippen LogP contribution >= 0.6 is 15.0 Å². The first kappa shape index (κ1) is 31.5. The standard InChI is InChI=1S/C32H34N5O5P2/c1-43(38,39)23-21-34-13-5-27(6-14-34)29-9-17-36(18-10-29)25-31-3-2-4-32(33-31)26-37-19-11-30(12-20-37)28-7-15-35(16-8-28)22-24-44(40,41)42/h2-20H,21-26H2,1H3/q+1/p+3. The maximum atomic E-state index is 11.6. The third-order valence-corrected chi connectivity index (χ3v) is 9.02. The van der Waals surface area contributed by atoms with Crippen molar-refractivity contribution in [2.45, 2.75) is 26.2 Å². The maximum absolute atomic E-state index is 11.6. The summed E-state index contributed by atoms with van der Waals surface area (Å²) < 4.78 is 30.5. The van der Waals surface area contributed by atoms with Gasteiger partial charge in [-0.05, 0) is 34.4 Å². The highest BCUT2D eigenvalue weighted by molar-refractivity contribution is 7.57. The summed E-state index contributed by atoms with van der Waals surface area (Å²) in [7, 11) is -7.04. The molecule has 5 heterocycles. The van der Waals surface area contributed by atoms with Gasteiger partial charge in [0.05, 0.1) is 6.16 Å². The average molecular weight is 634 g/mol. The lowest BCUT2D eigenvalue weighted by molar-refractivity contribution is -0.692. The molecule has 3 N–H and O–H groups in total. The van der Waals surface area contributed by atoms with Crippen LogP contribution in [0.15, 0.2) is 116 Å². The maximum Gasteiger partial charge on any atom is 0.331 e. The molecule has 44 heavy (non-hydrogen) atoms. The highest BCUT2D eigenvalue weighted by atomic mass is 31.2. The third-order valence-electron chi connectivity index (χ3n) is 7.21. The molecule has 5 aromatic heterocycles. The van der Waals surface area contributed by atoms with E-state index in [2.05, 4.69) is 21.3 Å². The van der Waals surface area contributed by atoms with Crippen LogP contribution in [0.3, 0.4) is 0 Å². The van der Waals surface area contributed by atoms with Crippen molar-refractivity contribution >= 4 is 15.0 Å². The number of aromatic nitrogens is 5. The Labute approximate surface area is 256 Å². The summed E-state index contributed by atoms with van der Waals surface area (Å²) in [5.41, 5.74) is 6.17. The van der Waals surface area contributed by atoms with E-state index in [0.29, 0.717) is 19.6 Å². The van der Waals surface area contributed by atoms with E-state index < -0.39 is 15.0 Å². The van der Waals surface area contributed by atoms with Gasteiger partial charge in [0.25, 0.3) is 0 Å². The molecular weight excluding hydrogens is 596 g/mol. The number of pyridine rings is 5. The van der Waals surface area contributed by atoms with Crippen LogP contribution in [0, 0.1) is 0 Å². The molecule has 0 aliphatic heterocycles.